The van der Waals surface area contributed by atoms with Gasteiger partial charge in [-0.05, 0) is 31.5 Å². The summed E-state index contributed by atoms with van der Waals surface area (Å²) in [6.07, 6.45) is 0. The Balaban J connectivity index is 2.83. The van der Waals surface area contributed by atoms with Crippen LogP contribution in [0.1, 0.15) is 19.4 Å². The number of nitrogens with one attached hydrogen (secondary N) is 1. The number of aromatic amines is 1. The fourth-order valence-corrected chi connectivity index (χ4v) is 1.72. The Kier molecular flexibility index (Phi) is 2.12. The Hall–Kier alpha value is -1.61. The Morgan fingerprint density at radius 1 is 1.20 bits per heavy atom. The van der Waals surface area contributed by atoms with Crippen molar-refractivity contribution < 1.29 is 5.11 Å². The van der Waals surface area contributed by atoms with E-state index in [0.717, 1.165) is 16.5 Å². The maximum atomic E-state index is 11.1. The van der Waals surface area contributed by atoms with Gasteiger partial charge in [-0.15, -0.1) is 0 Å². The van der Waals surface area contributed by atoms with E-state index in [0.29, 0.717) is 0 Å². The monoisotopic (exact) mass is 203 g/mol. The first-order valence-electron chi connectivity index (χ1n) is 4.83. The number of fused-ring (bicyclic) bond motifs is 1. The van der Waals surface area contributed by atoms with Crippen LogP contribution in [0.5, 0.6) is 0 Å². The molecule has 0 bridgehead atoms. The lowest BCUT2D eigenvalue weighted by atomic mass is 9.94. The summed E-state index contributed by atoms with van der Waals surface area (Å²) < 4.78 is 0. The van der Waals surface area contributed by atoms with Crippen molar-refractivity contribution in [3.63, 3.8) is 0 Å². The third kappa shape index (κ3) is 1.78. The van der Waals surface area contributed by atoms with Gasteiger partial charge >= 0.3 is 0 Å². The molecule has 2 aromatic rings. The zero-order valence-electron chi connectivity index (χ0n) is 8.74. The molecule has 15 heavy (non-hydrogen) atoms. The molecule has 0 unspecified atom stereocenters. The smallest absolute Gasteiger partial charge is 0.248 e. The van der Waals surface area contributed by atoms with Gasteiger partial charge in [-0.1, -0.05) is 12.1 Å². The maximum absolute atomic E-state index is 11.1. The quantitative estimate of drug-likeness (QED) is 0.742. The number of rotatable bonds is 1. The van der Waals surface area contributed by atoms with Crippen molar-refractivity contribution in [1.29, 1.82) is 0 Å². The normalized spacial score (nSPS) is 11.9. The van der Waals surface area contributed by atoms with Crippen LogP contribution in [0.15, 0.2) is 35.1 Å². The van der Waals surface area contributed by atoms with Crippen LogP contribution in [0.3, 0.4) is 0 Å². The number of pyridine rings is 1. The van der Waals surface area contributed by atoms with Gasteiger partial charge in [0.2, 0.25) is 5.56 Å². The van der Waals surface area contributed by atoms with Crippen molar-refractivity contribution in [1.82, 2.24) is 4.98 Å². The summed E-state index contributed by atoms with van der Waals surface area (Å²) in [5, 5.41) is 10.8. The van der Waals surface area contributed by atoms with E-state index in [-0.39, 0.29) is 5.56 Å². The Morgan fingerprint density at radius 3 is 2.60 bits per heavy atom. The van der Waals surface area contributed by atoms with Gasteiger partial charge in [0.05, 0.1) is 5.60 Å². The molecule has 3 nitrogen and oxygen atoms in total. The lowest BCUT2D eigenvalue weighted by Gasteiger charge is -2.19. The van der Waals surface area contributed by atoms with Gasteiger partial charge in [0.15, 0.2) is 0 Å². The van der Waals surface area contributed by atoms with E-state index in [9.17, 15) is 9.90 Å². The highest BCUT2D eigenvalue weighted by atomic mass is 16.3. The van der Waals surface area contributed by atoms with Gasteiger partial charge in [-0.25, -0.2) is 0 Å². The molecule has 0 aliphatic carbocycles. The molecule has 2 N–H and O–H groups in total. The van der Waals surface area contributed by atoms with E-state index in [4.69, 9.17) is 0 Å². The summed E-state index contributed by atoms with van der Waals surface area (Å²) in [7, 11) is 0. The zero-order valence-corrected chi connectivity index (χ0v) is 8.74. The van der Waals surface area contributed by atoms with Crippen molar-refractivity contribution >= 4 is 10.9 Å². The van der Waals surface area contributed by atoms with Crippen molar-refractivity contribution in [2.75, 3.05) is 0 Å². The van der Waals surface area contributed by atoms with Gasteiger partial charge in [-0.3, -0.25) is 4.79 Å². The van der Waals surface area contributed by atoms with Crippen LogP contribution < -0.4 is 5.56 Å². The molecule has 1 heterocycles. The molecule has 2 rings (SSSR count). The summed E-state index contributed by atoms with van der Waals surface area (Å²) in [6, 6.07) is 8.72. The van der Waals surface area contributed by atoms with Crippen LogP contribution in [0.2, 0.25) is 0 Å². The van der Waals surface area contributed by atoms with Crippen molar-refractivity contribution in [2.24, 2.45) is 0 Å². The average Bonchev–Trinajstić information content (AvgIpc) is 2.15. The minimum absolute atomic E-state index is 0.129. The minimum atomic E-state index is -0.905. The fourth-order valence-electron chi connectivity index (χ4n) is 1.72. The summed E-state index contributed by atoms with van der Waals surface area (Å²) >= 11 is 0. The molecule has 0 fully saturated rings. The first-order valence-corrected chi connectivity index (χ1v) is 4.83. The Bertz CT molecular complexity index is 549. The van der Waals surface area contributed by atoms with E-state index in [1.54, 1.807) is 19.9 Å². The molecule has 1 aromatic heterocycles. The SMILES string of the molecule is CC(C)(O)c1cccc2[nH]c(=O)ccc12. The molecule has 3 heteroatoms. The van der Waals surface area contributed by atoms with Crippen LogP contribution in [0, 0.1) is 0 Å². The van der Waals surface area contributed by atoms with Crippen LogP contribution in [0.25, 0.3) is 10.9 Å². The summed E-state index contributed by atoms with van der Waals surface area (Å²) in [5.74, 6) is 0. The van der Waals surface area contributed by atoms with Gasteiger partial charge < -0.3 is 10.1 Å². The van der Waals surface area contributed by atoms with Gasteiger partial charge in [0, 0.05) is 17.0 Å². The largest absolute Gasteiger partial charge is 0.386 e. The number of hydrogen-bond donors (Lipinski definition) is 2. The lowest BCUT2D eigenvalue weighted by molar-refractivity contribution is 0.0802. The molecule has 0 saturated heterocycles. The predicted molar refractivity (Wildman–Crippen MR) is 59.8 cm³/mol. The third-order valence-corrected chi connectivity index (χ3v) is 2.42. The van der Waals surface area contributed by atoms with E-state index >= 15 is 0 Å². The predicted octanol–water partition coefficient (Wildman–Crippen LogP) is 1.76. The average molecular weight is 203 g/mol. The lowest BCUT2D eigenvalue weighted by Crippen LogP contribution is -2.16. The molecular formula is C12H13NO2. The first-order chi connectivity index (χ1) is 6.98. The number of hydrogen-bond acceptors (Lipinski definition) is 2. The summed E-state index contributed by atoms with van der Waals surface area (Å²) in [6.45, 7) is 3.46. The second-order valence-electron chi connectivity index (χ2n) is 4.15. The van der Waals surface area contributed by atoms with E-state index < -0.39 is 5.60 Å². The molecule has 0 aliphatic heterocycles. The van der Waals surface area contributed by atoms with Crippen LogP contribution in [-0.2, 0) is 5.60 Å². The molecule has 0 radical (unpaired) electrons. The minimum Gasteiger partial charge on any atom is -0.386 e. The number of aromatic nitrogens is 1. The number of aliphatic hydroxyl groups is 1. The fraction of sp³-hybridized carbons (Fsp3) is 0.250. The number of H-pyrrole nitrogens is 1. The van der Waals surface area contributed by atoms with E-state index in [1.807, 2.05) is 18.2 Å². The van der Waals surface area contributed by atoms with Crippen molar-refractivity contribution in [3.05, 3.63) is 46.2 Å². The Labute approximate surface area is 87.4 Å². The summed E-state index contributed by atoms with van der Waals surface area (Å²) in [5.41, 5.74) is 0.534. The highest BCUT2D eigenvalue weighted by Crippen LogP contribution is 2.26. The van der Waals surface area contributed by atoms with Crippen molar-refractivity contribution in [3.8, 4) is 0 Å². The van der Waals surface area contributed by atoms with Gasteiger partial charge in [0.1, 0.15) is 0 Å². The molecule has 0 aliphatic rings. The third-order valence-electron chi connectivity index (χ3n) is 2.42. The molecule has 1 aromatic carbocycles. The Morgan fingerprint density at radius 2 is 1.93 bits per heavy atom. The first kappa shape index (κ1) is 9.93. The molecule has 0 atom stereocenters. The molecule has 78 valence electrons. The van der Waals surface area contributed by atoms with Gasteiger partial charge in [0.25, 0.3) is 0 Å². The number of benzene rings is 1. The maximum Gasteiger partial charge on any atom is 0.248 e. The molecule has 0 amide bonds. The van der Waals surface area contributed by atoms with Gasteiger partial charge in [-0.2, -0.15) is 0 Å². The van der Waals surface area contributed by atoms with E-state index in [2.05, 4.69) is 4.98 Å². The second-order valence-corrected chi connectivity index (χ2v) is 4.15. The van der Waals surface area contributed by atoms with Crippen molar-refractivity contribution in [2.45, 2.75) is 19.4 Å². The standard InChI is InChI=1S/C12H13NO2/c1-12(2,15)9-4-3-5-10-8(9)6-7-11(14)13-10/h3-7,15H,1-2H3,(H,13,14). The zero-order chi connectivity index (χ0) is 11.1. The highest BCUT2D eigenvalue weighted by molar-refractivity contribution is 5.82. The summed E-state index contributed by atoms with van der Waals surface area (Å²) in [4.78, 5) is 13.9. The molecule has 0 saturated carbocycles. The van der Waals surface area contributed by atoms with E-state index in [1.165, 1.54) is 6.07 Å². The van der Waals surface area contributed by atoms with Crippen LogP contribution >= 0.6 is 0 Å². The second kappa shape index (κ2) is 3.21. The van der Waals surface area contributed by atoms with Crippen LogP contribution in [-0.4, -0.2) is 10.1 Å². The topological polar surface area (TPSA) is 53.1 Å². The highest BCUT2D eigenvalue weighted by Gasteiger charge is 2.18. The molecule has 0 spiro atoms. The van der Waals surface area contributed by atoms with Crippen LogP contribution in [0.4, 0.5) is 0 Å². The molecular weight excluding hydrogens is 190 g/mol.